The van der Waals surface area contributed by atoms with E-state index in [1.807, 2.05) is 30.3 Å². The minimum Gasteiger partial charge on any atom is -0.337 e. The minimum atomic E-state index is -0.809. The molecule has 1 aliphatic carbocycles. The van der Waals surface area contributed by atoms with Crippen LogP contribution in [0.1, 0.15) is 25.3 Å². The number of benzene rings is 1. The van der Waals surface area contributed by atoms with Crippen molar-refractivity contribution in [3.63, 3.8) is 0 Å². The molecular formula is C18H21N5O2S. The average molecular weight is 371 g/mol. The van der Waals surface area contributed by atoms with Gasteiger partial charge in [0.1, 0.15) is 5.54 Å². The van der Waals surface area contributed by atoms with Gasteiger partial charge >= 0.3 is 5.69 Å². The molecule has 0 saturated heterocycles. The van der Waals surface area contributed by atoms with Crippen molar-refractivity contribution in [2.75, 3.05) is 5.75 Å². The summed E-state index contributed by atoms with van der Waals surface area (Å²) in [7, 11) is 0. The number of nitrogens with one attached hydrogen (secondary N) is 2. The lowest BCUT2D eigenvalue weighted by atomic mass is 9.98. The molecule has 1 atom stereocenters. The van der Waals surface area contributed by atoms with Crippen molar-refractivity contribution < 1.29 is 4.79 Å². The van der Waals surface area contributed by atoms with Crippen LogP contribution in [-0.2, 0) is 17.8 Å². The molecule has 1 heterocycles. The first-order valence-corrected chi connectivity index (χ1v) is 9.54. The minimum absolute atomic E-state index is 0.111. The highest BCUT2D eigenvalue weighted by Crippen LogP contribution is 2.39. The lowest BCUT2D eigenvalue weighted by molar-refractivity contribution is -0.119. The van der Waals surface area contributed by atoms with Gasteiger partial charge in [0.2, 0.25) is 5.91 Å². The van der Waals surface area contributed by atoms with Crippen LogP contribution in [-0.4, -0.2) is 32.0 Å². The first-order valence-electron chi connectivity index (χ1n) is 8.56. The van der Waals surface area contributed by atoms with E-state index >= 15 is 0 Å². The Bertz CT molecular complexity index is 866. The molecule has 1 fully saturated rings. The van der Waals surface area contributed by atoms with E-state index in [1.165, 1.54) is 16.3 Å². The third-order valence-corrected chi connectivity index (χ3v) is 5.52. The lowest BCUT2D eigenvalue weighted by Crippen LogP contribution is -2.47. The molecule has 1 amide bonds. The van der Waals surface area contributed by atoms with Gasteiger partial charge in [-0.05, 0) is 37.7 Å². The normalized spacial score (nSPS) is 15.8. The van der Waals surface area contributed by atoms with Gasteiger partial charge in [0.15, 0.2) is 5.16 Å². The van der Waals surface area contributed by atoms with E-state index in [2.05, 4.69) is 21.6 Å². The Morgan fingerprint density at radius 1 is 1.46 bits per heavy atom. The van der Waals surface area contributed by atoms with Crippen molar-refractivity contribution >= 4 is 17.7 Å². The highest BCUT2D eigenvalue weighted by Gasteiger charge is 2.42. The maximum atomic E-state index is 12.2. The van der Waals surface area contributed by atoms with Crippen LogP contribution in [0.25, 0.3) is 0 Å². The molecule has 26 heavy (non-hydrogen) atoms. The van der Waals surface area contributed by atoms with Crippen molar-refractivity contribution in [1.82, 2.24) is 20.1 Å². The summed E-state index contributed by atoms with van der Waals surface area (Å²) < 4.78 is 1.54. The quantitative estimate of drug-likeness (QED) is 0.688. The molecule has 1 aromatic heterocycles. The third kappa shape index (κ3) is 4.35. The fourth-order valence-corrected chi connectivity index (χ4v) is 3.61. The molecule has 0 radical (unpaired) electrons. The SMILES string of the molecule is CC(C#N)(NC(=O)CSc1n[nH]c(=O)n1CCc1ccccc1)C1CC1. The van der Waals surface area contributed by atoms with E-state index in [4.69, 9.17) is 0 Å². The van der Waals surface area contributed by atoms with Gasteiger partial charge in [0, 0.05) is 6.54 Å². The fourth-order valence-electron chi connectivity index (χ4n) is 2.83. The summed E-state index contributed by atoms with van der Waals surface area (Å²) in [5.41, 5.74) is 0.0307. The molecule has 0 spiro atoms. The zero-order valence-electron chi connectivity index (χ0n) is 14.6. The number of thioether (sulfide) groups is 1. The molecule has 0 bridgehead atoms. The Labute approximate surface area is 155 Å². The summed E-state index contributed by atoms with van der Waals surface area (Å²) in [6.07, 6.45) is 2.64. The molecule has 1 aliphatic rings. The molecule has 1 unspecified atom stereocenters. The predicted molar refractivity (Wildman–Crippen MR) is 98.6 cm³/mol. The topological polar surface area (TPSA) is 104 Å². The molecular weight excluding hydrogens is 350 g/mol. The first-order chi connectivity index (χ1) is 12.5. The second-order valence-electron chi connectivity index (χ2n) is 6.62. The predicted octanol–water partition coefficient (Wildman–Crippen LogP) is 1.71. The molecule has 2 N–H and O–H groups in total. The molecule has 8 heteroatoms. The van der Waals surface area contributed by atoms with Gasteiger partial charge in [-0.15, -0.1) is 5.10 Å². The molecule has 3 rings (SSSR count). The zero-order chi connectivity index (χ0) is 18.6. The summed E-state index contributed by atoms with van der Waals surface area (Å²) in [6.45, 7) is 2.25. The van der Waals surface area contributed by atoms with E-state index in [-0.39, 0.29) is 23.3 Å². The Morgan fingerprint density at radius 3 is 2.85 bits per heavy atom. The Morgan fingerprint density at radius 2 is 2.19 bits per heavy atom. The van der Waals surface area contributed by atoms with Crippen molar-refractivity contribution in [3.8, 4) is 6.07 Å². The van der Waals surface area contributed by atoms with Crippen LogP contribution in [0.4, 0.5) is 0 Å². The number of nitriles is 1. The Hall–Kier alpha value is -2.53. The number of H-pyrrole nitrogens is 1. The fraction of sp³-hybridized carbons (Fsp3) is 0.444. The van der Waals surface area contributed by atoms with Crippen molar-refractivity contribution in [2.45, 2.75) is 43.4 Å². The van der Waals surface area contributed by atoms with Crippen LogP contribution in [0, 0.1) is 17.2 Å². The largest absolute Gasteiger partial charge is 0.343 e. The first kappa shape index (κ1) is 18.3. The number of amides is 1. The molecule has 2 aromatic rings. The van der Waals surface area contributed by atoms with Gasteiger partial charge in [-0.25, -0.2) is 9.89 Å². The van der Waals surface area contributed by atoms with E-state index < -0.39 is 5.54 Å². The van der Waals surface area contributed by atoms with Gasteiger partial charge in [0.05, 0.1) is 11.8 Å². The maximum absolute atomic E-state index is 12.2. The van der Waals surface area contributed by atoms with Crippen molar-refractivity contribution in [2.24, 2.45) is 5.92 Å². The monoisotopic (exact) mass is 371 g/mol. The zero-order valence-corrected chi connectivity index (χ0v) is 15.4. The average Bonchev–Trinajstić information content (AvgIpc) is 3.44. The lowest BCUT2D eigenvalue weighted by Gasteiger charge is -2.22. The summed E-state index contributed by atoms with van der Waals surface area (Å²) in [5, 5.41) is 19.1. The summed E-state index contributed by atoms with van der Waals surface area (Å²) in [6, 6.07) is 12.1. The number of hydrogen-bond donors (Lipinski definition) is 2. The number of carbonyl (C=O) groups is 1. The molecule has 1 saturated carbocycles. The number of aromatic nitrogens is 3. The number of aromatic amines is 1. The van der Waals surface area contributed by atoms with Crippen molar-refractivity contribution in [1.29, 1.82) is 5.26 Å². The second kappa shape index (κ2) is 7.79. The Balaban J connectivity index is 1.57. The van der Waals surface area contributed by atoms with Crippen LogP contribution < -0.4 is 11.0 Å². The van der Waals surface area contributed by atoms with Crippen LogP contribution in [0.15, 0.2) is 40.3 Å². The summed E-state index contributed by atoms with van der Waals surface area (Å²) in [5.74, 6) is 0.117. The third-order valence-electron chi connectivity index (χ3n) is 4.55. The summed E-state index contributed by atoms with van der Waals surface area (Å²) in [4.78, 5) is 24.2. The standard InChI is InChI=1S/C18H21N5O2S/c1-18(12-19,14-7-8-14)20-15(24)11-26-17-22-21-16(25)23(17)10-9-13-5-3-2-4-6-13/h2-6,14H,7-11H2,1H3,(H,20,24)(H,21,25). The highest BCUT2D eigenvalue weighted by atomic mass is 32.2. The number of rotatable bonds is 8. The van der Waals surface area contributed by atoms with E-state index in [0.717, 1.165) is 18.4 Å². The van der Waals surface area contributed by atoms with Crippen LogP contribution >= 0.6 is 11.8 Å². The number of carbonyl (C=O) groups excluding carboxylic acids is 1. The number of nitrogens with zero attached hydrogens (tertiary/aromatic N) is 3. The smallest absolute Gasteiger partial charge is 0.337 e. The van der Waals surface area contributed by atoms with Crippen LogP contribution in [0.2, 0.25) is 0 Å². The van der Waals surface area contributed by atoms with Gasteiger partial charge in [0.25, 0.3) is 0 Å². The second-order valence-corrected chi connectivity index (χ2v) is 7.57. The van der Waals surface area contributed by atoms with Gasteiger partial charge in [-0.2, -0.15) is 5.26 Å². The van der Waals surface area contributed by atoms with Gasteiger partial charge in [-0.3, -0.25) is 9.36 Å². The van der Waals surface area contributed by atoms with Crippen molar-refractivity contribution in [3.05, 3.63) is 46.4 Å². The van der Waals surface area contributed by atoms with Crippen LogP contribution in [0.3, 0.4) is 0 Å². The van der Waals surface area contributed by atoms with E-state index in [1.54, 1.807) is 6.92 Å². The Kier molecular flexibility index (Phi) is 5.47. The summed E-state index contributed by atoms with van der Waals surface area (Å²) >= 11 is 1.19. The maximum Gasteiger partial charge on any atom is 0.343 e. The number of aryl methyl sites for hydroxylation is 1. The highest BCUT2D eigenvalue weighted by molar-refractivity contribution is 7.99. The van der Waals surface area contributed by atoms with Gasteiger partial charge < -0.3 is 5.32 Å². The molecule has 136 valence electrons. The molecule has 7 nitrogen and oxygen atoms in total. The molecule has 0 aliphatic heterocycles. The van der Waals surface area contributed by atoms with Crippen LogP contribution in [0.5, 0.6) is 0 Å². The number of hydrogen-bond acceptors (Lipinski definition) is 5. The molecule has 1 aromatic carbocycles. The van der Waals surface area contributed by atoms with E-state index in [0.29, 0.717) is 18.1 Å². The van der Waals surface area contributed by atoms with Gasteiger partial charge in [-0.1, -0.05) is 42.1 Å². The van der Waals surface area contributed by atoms with E-state index in [9.17, 15) is 14.9 Å².